The van der Waals surface area contributed by atoms with Gasteiger partial charge in [0.15, 0.2) is 0 Å². The molecule has 3 nitrogen and oxygen atoms in total. The van der Waals surface area contributed by atoms with Gasteiger partial charge in [0.1, 0.15) is 5.82 Å². The van der Waals surface area contributed by atoms with E-state index in [4.69, 9.17) is 10.5 Å². The van der Waals surface area contributed by atoms with Crippen molar-refractivity contribution in [1.82, 2.24) is 4.90 Å². The highest BCUT2D eigenvalue weighted by molar-refractivity contribution is 9.10. The standard InChI is InChI=1S/C14H20BrFN2O/c1-19-9-10-4-5-18(8-10)14(7-17)11-2-3-12(15)13(16)6-11/h2-3,6,10,14H,4-5,7-9,17H2,1H3. The van der Waals surface area contributed by atoms with E-state index < -0.39 is 0 Å². The van der Waals surface area contributed by atoms with E-state index in [-0.39, 0.29) is 11.9 Å². The van der Waals surface area contributed by atoms with Crippen molar-refractivity contribution in [1.29, 1.82) is 0 Å². The zero-order valence-electron chi connectivity index (χ0n) is 11.1. The summed E-state index contributed by atoms with van der Waals surface area (Å²) in [6, 6.07) is 5.35. The molecule has 0 spiro atoms. The van der Waals surface area contributed by atoms with E-state index >= 15 is 0 Å². The molecule has 1 fully saturated rings. The van der Waals surface area contributed by atoms with Crippen LogP contribution in [-0.4, -0.2) is 38.3 Å². The molecule has 106 valence electrons. The minimum absolute atomic E-state index is 0.0875. The largest absolute Gasteiger partial charge is 0.384 e. The Morgan fingerprint density at radius 3 is 3.00 bits per heavy atom. The summed E-state index contributed by atoms with van der Waals surface area (Å²) in [6.07, 6.45) is 1.11. The van der Waals surface area contributed by atoms with Crippen molar-refractivity contribution in [3.8, 4) is 0 Å². The van der Waals surface area contributed by atoms with Gasteiger partial charge < -0.3 is 10.5 Å². The molecule has 2 N–H and O–H groups in total. The SMILES string of the molecule is COCC1CCN(C(CN)c2ccc(Br)c(F)c2)C1. The van der Waals surface area contributed by atoms with Crippen LogP contribution in [-0.2, 0) is 4.74 Å². The number of ether oxygens (including phenoxy) is 1. The van der Waals surface area contributed by atoms with E-state index in [1.54, 1.807) is 19.2 Å². The van der Waals surface area contributed by atoms with Crippen LogP contribution in [0.15, 0.2) is 22.7 Å². The molecule has 1 saturated heterocycles. The van der Waals surface area contributed by atoms with Crippen LogP contribution in [0.3, 0.4) is 0 Å². The average Bonchev–Trinajstić information content (AvgIpc) is 2.83. The van der Waals surface area contributed by atoms with Gasteiger partial charge in [-0.05, 0) is 52.5 Å². The summed E-state index contributed by atoms with van der Waals surface area (Å²) in [5, 5.41) is 0. The van der Waals surface area contributed by atoms with E-state index in [2.05, 4.69) is 20.8 Å². The first-order valence-corrected chi connectivity index (χ1v) is 7.33. The number of hydrogen-bond donors (Lipinski definition) is 1. The third kappa shape index (κ3) is 3.54. The van der Waals surface area contributed by atoms with Gasteiger partial charge in [0.25, 0.3) is 0 Å². The molecule has 1 aromatic carbocycles. The summed E-state index contributed by atoms with van der Waals surface area (Å²) in [7, 11) is 1.73. The second-order valence-corrected chi connectivity index (χ2v) is 5.88. The van der Waals surface area contributed by atoms with E-state index in [1.165, 1.54) is 0 Å². The number of likely N-dealkylation sites (tertiary alicyclic amines) is 1. The minimum Gasteiger partial charge on any atom is -0.384 e. The lowest BCUT2D eigenvalue weighted by atomic mass is 10.1. The Labute approximate surface area is 122 Å². The Balaban J connectivity index is 2.09. The fourth-order valence-electron chi connectivity index (χ4n) is 2.73. The maximum atomic E-state index is 13.6. The molecule has 0 aromatic heterocycles. The van der Waals surface area contributed by atoms with E-state index in [0.29, 0.717) is 16.9 Å². The first-order chi connectivity index (χ1) is 9.15. The molecular weight excluding hydrogens is 311 g/mol. The molecule has 0 amide bonds. The lowest BCUT2D eigenvalue weighted by Crippen LogP contribution is -2.32. The number of hydrogen-bond acceptors (Lipinski definition) is 3. The summed E-state index contributed by atoms with van der Waals surface area (Å²) >= 11 is 3.18. The Morgan fingerprint density at radius 1 is 1.58 bits per heavy atom. The minimum atomic E-state index is -0.233. The second-order valence-electron chi connectivity index (χ2n) is 5.03. The quantitative estimate of drug-likeness (QED) is 0.901. The third-order valence-corrected chi connectivity index (χ3v) is 4.36. The molecule has 1 aromatic rings. The van der Waals surface area contributed by atoms with Crippen molar-refractivity contribution in [3.63, 3.8) is 0 Å². The Morgan fingerprint density at radius 2 is 2.37 bits per heavy atom. The Hall–Kier alpha value is -0.490. The van der Waals surface area contributed by atoms with Crippen LogP contribution in [0.25, 0.3) is 0 Å². The average molecular weight is 331 g/mol. The van der Waals surface area contributed by atoms with E-state index in [0.717, 1.165) is 31.7 Å². The summed E-state index contributed by atoms with van der Waals surface area (Å²) < 4.78 is 19.3. The van der Waals surface area contributed by atoms with Crippen LogP contribution >= 0.6 is 15.9 Å². The Bertz CT molecular complexity index is 430. The normalized spacial score (nSPS) is 21.8. The van der Waals surface area contributed by atoms with Gasteiger partial charge in [-0.3, -0.25) is 4.90 Å². The monoisotopic (exact) mass is 330 g/mol. The second kappa shape index (κ2) is 6.79. The molecule has 5 heteroatoms. The number of nitrogens with zero attached hydrogens (tertiary/aromatic N) is 1. The van der Waals surface area contributed by atoms with Crippen LogP contribution in [0, 0.1) is 11.7 Å². The smallest absolute Gasteiger partial charge is 0.137 e. The maximum Gasteiger partial charge on any atom is 0.137 e. The maximum absolute atomic E-state index is 13.6. The molecule has 0 bridgehead atoms. The van der Waals surface area contributed by atoms with Crippen LogP contribution < -0.4 is 5.73 Å². The van der Waals surface area contributed by atoms with Gasteiger partial charge in [-0.15, -0.1) is 0 Å². The molecular formula is C14H20BrFN2O. The van der Waals surface area contributed by atoms with Gasteiger partial charge in [-0.25, -0.2) is 4.39 Å². The van der Waals surface area contributed by atoms with Crippen molar-refractivity contribution in [2.24, 2.45) is 11.7 Å². The van der Waals surface area contributed by atoms with Crippen LogP contribution in [0.2, 0.25) is 0 Å². The van der Waals surface area contributed by atoms with Crippen molar-refractivity contribution in [3.05, 3.63) is 34.1 Å². The van der Waals surface area contributed by atoms with Crippen molar-refractivity contribution >= 4 is 15.9 Å². The predicted octanol–water partition coefficient (Wildman–Crippen LogP) is 2.56. The fourth-order valence-corrected chi connectivity index (χ4v) is 2.98. The Kier molecular flexibility index (Phi) is 5.33. The lowest BCUT2D eigenvalue weighted by molar-refractivity contribution is 0.147. The van der Waals surface area contributed by atoms with Crippen LogP contribution in [0.5, 0.6) is 0 Å². The highest BCUT2D eigenvalue weighted by Crippen LogP contribution is 2.29. The highest BCUT2D eigenvalue weighted by Gasteiger charge is 2.28. The molecule has 2 rings (SSSR count). The molecule has 2 atom stereocenters. The van der Waals surface area contributed by atoms with Gasteiger partial charge in [0, 0.05) is 26.2 Å². The molecule has 1 heterocycles. The zero-order chi connectivity index (χ0) is 13.8. The lowest BCUT2D eigenvalue weighted by Gasteiger charge is -2.27. The van der Waals surface area contributed by atoms with Crippen molar-refractivity contribution in [2.45, 2.75) is 12.5 Å². The number of methoxy groups -OCH3 is 1. The van der Waals surface area contributed by atoms with Crippen molar-refractivity contribution in [2.75, 3.05) is 33.4 Å². The first-order valence-electron chi connectivity index (χ1n) is 6.53. The highest BCUT2D eigenvalue weighted by atomic mass is 79.9. The predicted molar refractivity (Wildman–Crippen MR) is 77.5 cm³/mol. The summed E-state index contributed by atoms with van der Waals surface area (Å²) in [6.45, 7) is 3.24. The third-order valence-electron chi connectivity index (χ3n) is 3.71. The molecule has 0 aliphatic carbocycles. The number of nitrogens with two attached hydrogens (primary N) is 1. The topological polar surface area (TPSA) is 38.5 Å². The summed E-state index contributed by atoms with van der Waals surface area (Å²) in [5.74, 6) is 0.322. The fraction of sp³-hybridized carbons (Fsp3) is 0.571. The zero-order valence-corrected chi connectivity index (χ0v) is 12.7. The van der Waals surface area contributed by atoms with Gasteiger partial charge >= 0.3 is 0 Å². The number of rotatable bonds is 5. The summed E-state index contributed by atoms with van der Waals surface area (Å²) in [4.78, 5) is 2.33. The van der Waals surface area contributed by atoms with E-state index in [1.807, 2.05) is 6.07 Å². The van der Waals surface area contributed by atoms with Crippen LogP contribution in [0.1, 0.15) is 18.0 Å². The van der Waals surface area contributed by atoms with Gasteiger partial charge in [0.05, 0.1) is 11.1 Å². The number of halogens is 2. The van der Waals surface area contributed by atoms with Crippen molar-refractivity contribution < 1.29 is 9.13 Å². The molecule has 0 radical (unpaired) electrons. The molecule has 2 unspecified atom stereocenters. The molecule has 19 heavy (non-hydrogen) atoms. The first kappa shape index (κ1) is 14.9. The molecule has 1 aliphatic heterocycles. The van der Waals surface area contributed by atoms with Gasteiger partial charge in [-0.2, -0.15) is 0 Å². The van der Waals surface area contributed by atoms with Crippen LogP contribution in [0.4, 0.5) is 4.39 Å². The van der Waals surface area contributed by atoms with Gasteiger partial charge in [0.2, 0.25) is 0 Å². The molecule has 1 aliphatic rings. The van der Waals surface area contributed by atoms with E-state index in [9.17, 15) is 4.39 Å². The molecule has 0 saturated carbocycles. The van der Waals surface area contributed by atoms with Gasteiger partial charge in [-0.1, -0.05) is 6.07 Å². The summed E-state index contributed by atoms with van der Waals surface area (Å²) in [5.41, 5.74) is 6.83. The number of benzene rings is 1.